The SMILES string of the molecule is CCOCCCC(=O)Oc1ccc(Cl)cc1Cl. The highest BCUT2D eigenvalue weighted by molar-refractivity contribution is 6.35. The lowest BCUT2D eigenvalue weighted by Gasteiger charge is -2.06. The third kappa shape index (κ3) is 5.39. The maximum atomic E-state index is 11.4. The Morgan fingerprint density at radius 2 is 2.12 bits per heavy atom. The van der Waals surface area contributed by atoms with E-state index in [2.05, 4.69) is 0 Å². The minimum Gasteiger partial charge on any atom is -0.425 e. The minimum absolute atomic E-state index is 0.305. The monoisotopic (exact) mass is 276 g/mol. The van der Waals surface area contributed by atoms with E-state index in [1.54, 1.807) is 12.1 Å². The second-order valence-corrected chi connectivity index (χ2v) is 4.19. The topological polar surface area (TPSA) is 35.5 Å². The summed E-state index contributed by atoms with van der Waals surface area (Å²) in [7, 11) is 0. The van der Waals surface area contributed by atoms with Crippen molar-refractivity contribution >= 4 is 29.2 Å². The molecular weight excluding hydrogens is 263 g/mol. The number of carbonyl (C=O) groups is 1. The molecule has 0 radical (unpaired) electrons. The molecule has 0 amide bonds. The molecule has 3 nitrogen and oxygen atoms in total. The molecule has 0 heterocycles. The molecule has 0 aliphatic rings. The Balaban J connectivity index is 2.40. The number of esters is 1. The van der Waals surface area contributed by atoms with E-state index in [9.17, 15) is 4.79 Å². The highest BCUT2D eigenvalue weighted by atomic mass is 35.5. The lowest BCUT2D eigenvalue weighted by atomic mass is 10.3. The van der Waals surface area contributed by atoms with Crippen LogP contribution in [0.2, 0.25) is 10.0 Å². The van der Waals surface area contributed by atoms with Crippen LogP contribution >= 0.6 is 23.2 Å². The molecule has 5 heteroatoms. The van der Waals surface area contributed by atoms with Gasteiger partial charge in [0.25, 0.3) is 0 Å². The zero-order valence-electron chi connectivity index (χ0n) is 9.54. The smallest absolute Gasteiger partial charge is 0.311 e. The van der Waals surface area contributed by atoms with Crippen molar-refractivity contribution in [3.05, 3.63) is 28.2 Å². The quantitative estimate of drug-likeness (QED) is 0.451. The second-order valence-electron chi connectivity index (χ2n) is 3.35. The van der Waals surface area contributed by atoms with Crippen LogP contribution in [0.15, 0.2) is 18.2 Å². The van der Waals surface area contributed by atoms with Gasteiger partial charge in [-0.3, -0.25) is 4.79 Å². The van der Waals surface area contributed by atoms with Gasteiger partial charge in [-0.15, -0.1) is 0 Å². The Kier molecular flexibility index (Phi) is 6.34. The summed E-state index contributed by atoms with van der Waals surface area (Å²) >= 11 is 11.6. The molecule has 0 fully saturated rings. The molecule has 0 aliphatic heterocycles. The van der Waals surface area contributed by atoms with Crippen molar-refractivity contribution in [3.8, 4) is 5.75 Å². The lowest BCUT2D eigenvalue weighted by molar-refractivity contribution is -0.134. The molecule has 0 spiro atoms. The minimum atomic E-state index is -0.325. The Morgan fingerprint density at radius 3 is 2.76 bits per heavy atom. The first kappa shape index (κ1) is 14.3. The fraction of sp³-hybridized carbons (Fsp3) is 0.417. The first-order valence-corrected chi connectivity index (χ1v) is 6.12. The largest absolute Gasteiger partial charge is 0.425 e. The predicted octanol–water partition coefficient (Wildman–Crippen LogP) is 3.72. The van der Waals surface area contributed by atoms with Crippen LogP contribution in [0, 0.1) is 0 Å². The van der Waals surface area contributed by atoms with Crippen molar-refractivity contribution in [3.63, 3.8) is 0 Å². The molecule has 0 aliphatic carbocycles. The molecular formula is C12H14Cl2O3. The number of ether oxygens (including phenoxy) is 2. The van der Waals surface area contributed by atoms with Gasteiger partial charge in [0.15, 0.2) is 0 Å². The van der Waals surface area contributed by atoms with Crippen LogP contribution in [0.4, 0.5) is 0 Å². The van der Waals surface area contributed by atoms with Crippen molar-refractivity contribution in [2.45, 2.75) is 19.8 Å². The first-order valence-electron chi connectivity index (χ1n) is 5.37. The van der Waals surface area contributed by atoms with Crippen molar-refractivity contribution in [1.82, 2.24) is 0 Å². The van der Waals surface area contributed by atoms with Gasteiger partial charge in [-0.1, -0.05) is 23.2 Å². The van der Waals surface area contributed by atoms with Gasteiger partial charge in [0.05, 0.1) is 5.02 Å². The average Bonchev–Trinajstić information content (AvgIpc) is 2.28. The molecule has 1 aromatic carbocycles. The third-order valence-corrected chi connectivity index (χ3v) is 2.52. The van der Waals surface area contributed by atoms with Crippen molar-refractivity contribution < 1.29 is 14.3 Å². The highest BCUT2D eigenvalue weighted by Crippen LogP contribution is 2.27. The maximum absolute atomic E-state index is 11.4. The van der Waals surface area contributed by atoms with Crippen LogP contribution < -0.4 is 4.74 Å². The van der Waals surface area contributed by atoms with Crippen LogP contribution in [0.25, 0.3) is 0 Å². The van der Waals surface area contributed by atoms with E-state index >= 15 is 0 Å². The Morgan fingerprint density at radius 1 is 1.35 bits per heavy atom. The van der Waals surface area contributed by atoms with E-state index in [0.717, 1.165) is 0 Å². The average molecular weight is 277 g/mol. The van der Waals surface area contributed by atoms with Crippen LogP contribution in [0.1, 0.15) is 19.8 Å². The lowest BCUT2D eigenvalue weighted by Crippen LogP contribution is -2.09. The second kappa shape index (κ2) is 7.54. The van der Waals surface area contributed by atoms with Crippen LogP contribution in [0.3, 0.4) is 0 Å². The number of benzene rings is 1. The van der Waals surface area contributed by atoms with E-state index in [4.69, 9.17) is 32.7 Å². The van der Waals surface area contributed by atoms with Gasteiger partial charge < -0.3 is 9.47 Å². The van der Waals surface area contributed by atoms with Crippen LogP contribution in [-0.2, 0) is 9.53 Å². The Bertz CT molecular complexity index is 380. The van der Waals surface area contributed by atoms with Gasteiger partial charge >= 0.3 is 5.97 Å². The molecule has 0 saturated heterocycles. The fourth-order valence-electron chi connectivity index (χ4n) is 1.19. The number of hydrogen-bond donors (Lipinski definition) is 0. The van der Waals surface area contributed by atoms with E-state index < -0.39 is 0 Å². The van der Waals surface area contributed by atoms with Crippen molar-refractivity contribution in [2.24, 2.45) is 0 Å². The normalized spacial score (nSPS) is 10.3. The summed E-state index contributed by atoms with van der Waals surface area (Å²) in [5.74, 6) is 0.00593. The van der Waals surface area contributed by atoms with Crippen molar-refractivity contribution in [1.29, 1.82) is 0 Å². The third-order valence-electron chi connectivity index (χ3n) is 1.99. The molecule has 0 aromatic heterocycles. The number of halogens is 2. The zero-order valence-corrected chi connectivity index (χ0v) is 11.1. The van der Waals surface area contributed by atoms with Crippen LogP contribution in [-0.4, -0.2) is 19.2 Å². The summed E-state index contributed by atoms with van der Waals surface area (Å²) in [5, 5.41) is 0.835. The van der Waals surface area contributed by atoms with Crippen LogP contribution in [0.5, 0.6) is 5.75 Å². The van der Waals surface area contributed by atoms with Gasteiger partial charge in [0.2, 0.25) is 0 Å². The summed E-state index contributed by atoms with van der Waals surface area (Å²) in [6.07, 6.45) is 0.941. The fourth-order valence-corrected chi connectivity index (χ4v) is 1.64. The summed E-state index contributed by atoms with van der Waals surface area (Å²) in [5.41, 5.74) is 0. The van der Waals surface area contributed by atoms with Gasteiger partial charge in [0.1, 0.15) is 5.75 Å². The standard InChI is InChI=1S/C12H14Cl2O3/c1-2-16-7-3-4-12(15)17-11-6-5-9(13)8-10(11)14/h5-6,8H,2-4,7H2,1H3. The molecule has 0 bridgehead atoms. The van der Waals surface area contributed by atoms with Gasteiger partial charge in [-0.05, 0) is 31.5 Å². The molecule has 0 unspecified atom stereocenters. The number of hydrogen-bond acceptors (Lipinski definition) is 3. The highest BCUT2D eigenvalue weighted by Gasteiger charge is 2.08. The van der Waals surface area contributed by atoms with E-state index in [-0.39, 0.29) is 5.97 Å². The summed E-state index contributed by atoms with van der Waals surface area (Å²) in [6, 6.07) is 4.73. The summed E-state index contributed by atoms with van der Waals surface area (Å²) in [4.78, 5) is 11.4. The molecule has 0 N–H and O–H groups in total. The first-order chi connectivity index (χ1) is 8.13. The Labute approximate surface area is 111 Å². The Hall–Kier alpha value is -0.770. The zero-order chi connectivity index (χ0) is 12.7. The molecule has 0 atom stereocenters. The molecule has 0 saturated carbocycles. The van der Waals surface area contributed by atoms with Gasteiger partial charge in [-0.25, -0.2) is 0 Å². The molecule has 17 heavy (non-hydrogen) atoms. The van der Waals surface area contributed by atoms with Gasteiger partial charge in [-0.2, -0.15) is 0 Å². The predicted molar refractivity (Wildman–Crippen MR) is 67.8 cm³/mol. The summed E-state index contributed by atoms with van der Waals surface area (Å²) in [6.45, 7) is 3.11. The van der Waals surface area contributed by atoms with Crippen molar-refractivity contribution in [2.75, 3.05) is 13.2 Å². The van der Waals surface area contributed by atoms with E-state index in [1.807, 2.05) is 6.92 Å². The maximum Gasteiger partial charge on any atom is 0.311 e. The molecule has 1 aromatic rings. The molecule has 1 rings (SSSR count). The number of rotatable bonds is 6. The van der Waals surface area contributed by atoms with E-state index in [0.29, 0.717) is 41.9 Å². The van der Waals surface area contributed by atoms with E-state index in [1.165, 1.54) is 6.07 Å². The number of carbonyl (C=O) groups excluding carboxylic acids is 1. The van der Waals surface area contributed by atoms with Gasteiger partial charge in [0, 0.05) is 24.7 Å². The summed E-state index contributed by atoms with van der Waals surface area (Å²) < 4.78 is 10.2. The molecule has 94 valence electrons.